The zero-order chi connectivity index (χ0) is 20.5. The van der Waals surface area contributed by atoms with Crippen molar-refractivity contribution in [3.05, 3.63) is 65.6 Å². The summed E-state index contributed by atoms with van der Waals surface area (Å²) >= 11 is 0. The second-order valence-corrected chi connectivity index (χ2v) is 7.63. The van der Waals surface area contributed by atoms with Gasteiger partial charge in [-0.25, -0.2) is 0 Å². The molecule has 3 heterocycles. The lowest BCUT2D eigenvalue weighted by Gasteiger charge is -2.28. The fourth-order valence-electron chi connectivity index (χ4n) is 3.93. The Balaban J connectivity index is 1.50. The van der Waals surface area contributed by atoms with Crippen LogP contribution in [-0.2, 0) is 0 Å². The van der Waals surface area contributed by atoms with Crippen LogP contribution in [0, 0.1) is 12.8 Å². The number of aromatic nitrogens is 3. The molecule has 2 aromatic heterocycles. The number of carbonyl (C=O) groups excluding carboxylic acids is 1. The summed E-state index contributed by atoms with van der Waals surface area (Å²) in [7, 11) is 0. The summed E-state index contributed by atoms with van der Waals surface area (Å²) in [6.07, 6.45) is 4.25. The molecule has 1 aliphatic rings. The molecule has 0 spiro atoms. The van der Waals surface area contributed by atoms with Gasteiger partial charge in [0.15, 0.2) is 11.5 Å². The standard InChI is InChI=1S/C23H25N5O/c1-5-21-26-27-22-18(12-14(2)13-28(21)22)23(29)24-11-10-19-16(4)15(3)17-8-6-7-9-20(17)25-19/h5-9,12-13,15-16H,1,10-11H2,2-4H3,(H,24,29). The highest BCUT2D eigenvalue weighted by molar-refractivity contribution is 6.00. The summed E-state index contributed by atoms with van der Waals surface area (Å²) in [6.45, 7) is 10.7. The molecule has 0 aliphatic carbocycles. The summed E-state index contributed by atoms with van der Waals surface area (Å²) in [5, 5.41) is 11.3. The number of carbonyl (C=O) groups is 1. The van der Waals surface area contributed by atoms with E-state index < -0.39 is 0 Å². The minimum atomic E-state index is -0.153. The molecule has 1 aliphatic heterocycles. The third-order valence-corrected chi connectivity index (χ3v) is 5.73. The van der Waals surface area contributed by atoms with Crippen molar-refractivity contribution in [1.29, 1.82) is 0 Å². The van der Waals surface area contributed by atoms with Gasteiger partial charge in [0.2, 0.25) is 0 Å². The fourth-order valence-corrected chi connectivity index (χ4v) is 3.93. The Morgan fingerprint density at radius 1 is 1.24 bits per heavy atom. The smallest absolute Gasteiger partial charge is 0.255 e. The molecule has 1 amide bonds. The Morgan fingerprint density at radius 3 is 2.83 bits per heavy atom. The Morgan fingerprint density at radius 2 is 2.03 bits per heavy atom. The number of hydrogen-bond donors (Lipinski definition) is 1. The first-order valence-corrected chi connectivity index (χ1v) is 9.92. The van der Waals surface area contributed by atoms with E-state index in [-0.39, 0.29) is 5.91 Å². The van der Waals surface area contributed by atoms with Crippen molar-refractivity contribution in [2.45, 2.75) is 33.1 Å². The molecule has 3 aromatic rings. The van der Waals surface area contributed by atoms with Crippen molar-refractivity contribution >= 4 is 29.0 Å². The van der Waals surface area contributed by atoms with Gasteiger partial charge in [0.25, 0.3) is 5.91 Å². The van der Waals surface area contributed by atoms with Crippen LogP contribution in [0.4, 0.5) is 5.69 Å². The average Bonchev–Trinajstić information content (AvgIpc) is 3.13. The van der Waals surface area contributed by atoms with Crippen LogP contribution in [0.1, 0.15) is 53.5 Å². The van der Waals surface area contributed by atoms with E-state index in [0.717, 1.165) is 23.4 Å². The fraction of sp³-hybridized carbons (Fsp3) is 0.304. The Bertz CT molecular complexity index is 1130. The average molecular weight is 387 g/mol. The van der Waals surface area contributed by atoms with Crippen LogP contribution >= 0.6 is 0 Å². The first-order valence-electron chi connectivity index (χ1n) is 9.92. The maximum Gasteiger partial charge on any atom is 0.255 e. The molecule has 1 aromatic carbocycles. The van der Waals surface area contributed by atoms with Crippen LogP contribution in [0.15, 0.2) is 48.1 Å². The van der Waals surface area contributed by atoms with E-state index >= 15 is 0 Å². The lowest BCUT2D eigenvalue weighted by atomic mass is 9.81. The lowest BCUT2D eigenvalue weighted by Crippen LogP contribution is -2.30. The van der Waals surface area contributed by atoms with Crippen molar-refractivity contribution in [3.8, 4) is 0 Å². The highest BCUT2D eigenvalue weighted by Gasteiger charge is 2.26. The van der Waals surface area contributed by atoms with Crippen molar-refractivity contribution in [2.24, 2.45) is 10.9 Å². The van der Waals surface area contributed by atoms with Crippen LogP contribution in [0.2, 0.25) is 0 Å². The predicted molar refractivity (Wildman–Crippen MR) is 116 cm³/mol. The van der Waals surface area contributed by atoms with Crippen LogP contribution in [0.3, 0.4) is 0 Å². The van der Waals surface area contributed by atoms with Crippen molar-refractivity contribution in [2.75, 3.05) is 6.54 Å². The van der Waals surface area contributed by atoms with Gasteiger partial charge in [-0.2, -0.15) is 0 Å². The SMILES string of the molecule is C=Cc1nnc2c(C(=O)NCCC3=Nc4ccccc4C(C)C3C)cc(C)cn12. The number of amides is 1. The molecule has 2 atom stereocenters. The topological polar surface area (TPSA) is 71.7 Å². The van der Waals surface area contributed by atoms with E-state index in [9.17, 15) is 4.79 Å². The molecule has 6 nitrogen and oxygen atoms in total. The number of para-hydroxylation sites is 1. The van der Waals surface area contributed by atoms with E-state index in [2.05, 4.69) is 54.1 Å². The molecule has 1 N–H and O–H groups in total. The Labute approximate surface area is 170 Å². The van der Waals surface area contributed by atoms with Gasteiger partial charge in [0.1, 0.15) is 0 Å². The summed E-state index contributed by atoms with van der Waals surface area (Å²) in [4.78, 5) is 17.7. The molecule has 0 saturated heterocycles. The van der Waals surface area contributed by atoms with Crippen molar-refractivity contribution < 1.29 is 4.79 Å². The molecule has 0 fully saturated rings. The third kappa shape index (κ3) is 3.46. The number of nitrogens with zero attached hydrogens (tertiary/aromatic N) is 4. The van der Waals surface area contributed by atoms with E-state index in [0.29, 0.717) is 35.4 Å². The monoisotopic (exact) mass is 387 g/mol. The first-order chi connectivity index (χ1) is 14.0. The van der Waals surface area contributed by atoms with E-state index in [1.54, 1.807) is 10.5 Å². The quantitative estimate of drug-likeness (QED) is 0.708. The van der Waals surface area contributed by atoms with E-state index in [1.165, 1.54) is 5.56 Å². The van der Waals surface area contributed by atoms with Gasteiger partial charge in [-0.3, -0.25) is 14.2 Å². The summed E-state index contributed by atoms with van der Waals surface area (Å²) in [6, 6.07) is 10.1. The number of benzene rings is 1. The highest BCUT2D eigenvalue weighted by Crippen LogP contribution is 2.37. The van der Waals surface area contributed by atoms with Crippen LogP contribution in [0.25, 0.3) is 11.7 Å². The highest BCUT2D eigenvalue weighted by atomic mass is 16.1. The molecule has 0 bridgehead atoms. The maximum absolute atomic E-state index is 12.8. The maximum atomic E-state index is 12.8. The molecule has 148 valence electrons. The van der Waals surface area contributed by atoms with E-state index in [1.807, 2.05) is 25.3 Å². The van der Waals surface area contributed by atoms with Gasteiger partial charge in [0, 0.05) is 30.8 Å². The van der Waals surface area contributed by atoms with E-state index in [4.69, 9.17) is 4.99 Å². The third-order valence-electron chi connectivity index (χ3n) is 5.73. The lowest BCUT2D eigenvalue weighted by molar-refractivity contribution is 0.0955. The summed E-state index contributed by atoms with van der Waals surface area (Å²) in [5.74, 6) is 1.23. The van der Waals surface area contributed by atoms with Gasteiger partial charge < -0.3 is 5.32 Å². The molecule has 0 saturated carbocycles. The number of pyridine rings is 1. The minimum Gasteiger partial charge on any atom is -0.352 e. The second-order valence-electron chi connectivity index (χ2n) is 7.63. The van der Waals surface area contributed by atoms with Crippen LogP contribution in [-0.4, -0.2) is 32.8 Å². The van der Waals surface area contributed by atoms with Crippen molar-refractivity contribution in [3.63, 3.8) is 0 Å². The largest absolute Gasteiger partial charge is 0.352 e. The van der Waals surface area contributed by atoms with Gasteiger partial charge in [-0.15, -0.1) is 10.2 Å². The normalized spacial score (nSPS) is 18.2. The number of aliphatic imine (C=N–C) groups is 1. The second kappa shape index (κ2) is 7.62. The Kier molecular flexibility index (Phi) is 5.01. The molecule has 29 heavy (non-hydrogen) atoms. The summed E-state index contributed by atoms with van der Waals surface area (Å²) < 4.78 is 1.79. The Hall–Kier alpha value is -3.28. The molecule has 4 rings (SSSR count). The van der Waals surface area contributed by atoms with Crippen LogP contribution < -0.4 is 5.32 Å². The number of aryl methyl sites for hydroxylation is 1. The zero-order valence-electron chi connectivity index (χ0n) is 17.0. The van der Waals surface area contributed by atoms with Gasteiger partial charge in [-0.1, -0.05) is 38.6 Å². The van der Waals surface area contributed by atoms with Gasteiger partial charge >= 0.3 is 0 Å². The molecule has 0 radical (unpaired) electrons. The first kappa shape index (κ1) is 19.1. The minimum absolute atomic E-state index is 0.153. The number of hydrogen-bond acceptors (Lipinski definition) is 4. The molecular weight excluding hydrogens is 362 g/mol. The number of nitrogens with one attached hydrogen (secondary N) is 1. The molecule has 6 heteroatoms. The number of fused-ring (bicyclic) bond motifs is 2. The number of rotatable bonds is 5. The zero-order valence-corrected chi connectivity index (χ0v) is 17.0. The molecule has 2 unspecified atom stereocenters. The molecular formula is C23H25N5O. The summed E-state index contributed by atoms with van der Waals surface area (Å²) in [5.41, 5.74) is 5.47. The van der Waals surface area contributed by atoms with Gasteiger partial charge in [0.05, 0.1) is 11.3 Å². The van der Waals surface area contributed by atoms with Crippen molar-refractivity contribution in [1.82, 2.24) is 19.9 Å². The van der Waals surface area contributed by atoms with Gasteiger partial charge in [-0.05, 0) is 42.2 Å². The predicted octanol–water partition coefficient (Wildman–Crippen LogP) is 4.33. The van der Waals surface area contributed by atoms with Crippen LogP contribution in [0.5, 0.6) is 0 Å².